The SMILES string of the molecule is C=CC[C@]1(C(=O)NCCc2ccc(Cl)cc2Cl)COC(c2ccc(OCCCO)cc2)=N1. The first-order chi connectivity index (χ1) is 15.5. The van der Waals surface area contributed by atoms with Crippen LogP contribution in [0.4, 0.5) is 0 Å². The van der Waals surface area contributed by atoms with E-state index < -0.39 is 5.54 Å². The molecule has 170 valence electrons. The minimum absolute atomic E-state index is 0.0862. The van der Waals surface area contributed by atoms with Gasteiger partial charge in [-0.2, -0.15) is 0 Å². The Morgan fingerprint density at radius 2 is 2.06 bits per heavy atom. The zero-order valence-electron chi connectivity index (χ0n) is 17.7. The fraction of sp³-hybridized carbons (Fsp3) is 0.333. The molecule has 6 nitrogen and oxygen atoms in total. The summed E-state index contributed by atoms with van der Waals surface area (Å²) in [6.45, 7) is 4.85. The van der Waals surface area contributed by atoms with Crippen LogP contribution in [-0.4, -0.2) is 48.8 Å². The lowest BCUT2D eigenvalue weighted by atomic mass is 9.96. The number of aliphatic hydroxyl groups excluding tert-OH is 1. The lowest BCUT2D eigenvalue weighted by Crippen LogP contribution is -2.47. The summed E-state index contributed by atoms with van der Waals surface area (Å²) in [4.78, 5) is 17.7. The third-order valence-corrected chi connectivity index (χ3v) is 5.62. The average molecular weight is 477 g/mol. The van der Waals surface area contributed by atoms with Gasteiger partial charge < -0.3 is 19.9 Å². The van der Waals surface area contributed by atoms with Gasteiger partial charge in [0.15, 0.2) is 5.54 Å². The molecule has 0 radical (unpaired) electrons. The molecule has 0 saturated carbocycles. The topological polar surface area (TPSA) is 80.2 Å². The normalized spacial score (nSPS) is 17.4. The number of nitrogens with one attached hydrogen (secondary N) is 1. The number of hydrogen-bond acceptors (Lipinski definition) is 5. The second-order valence-corrected chi connectivity index (χ2v) is 8.27. The molecule has 1 heterocycles. The predicted octanol–water partition coefficient (Wildman–Crippen LogP) is 4.21. The van der Waals surface area contributed by atoms with Crippen molar-refractivity contribution in [1.29, 1.82) is 0 Å². The Hall–Kier alpha value is -2.54. The molecule has 0 aromatic heterocycles. The van der Waals surface area contributed by atoms with E-state index in [1.54, 1.807) is 18.2 Å². The summed E-state index contributed by atoms with van der Waals surface area (Å²) in [5, 5.41) is 12.9. The monoisotopic (exact) mass is 476 g/mol. The Labute approximate surface area is 197 Å². The maximum atomic E-state index is 13.0. The molecule has 2 aromatic rings. The number of carbonyl (C=O) groups excluding carboxylic acids is 1. The first-order valence-corrected chi connectivity index (χ1v) is 11.1. The standard InChI is InChI=1S/C24H26Cl2N2O4/c1-2-11-24(23(30)27-12-10-17-4-7-19(25)15-21(17)26)16-32-22(28-24)18-5-8-20(9-6-18)31-14-3-13-29/h2,4-9,15,29H,1,3,10-14,16H2,(H,27,30)/t24-/m1/s1. The van der Waals surface area contributed by atoms with Crippen molar-refractivity contribution in [1.82, 2.24) is 5.32 Å². The quantitative estimate of drug-likeness (QED) is 0.376. The molecule has 1 atom stereocenters. The molecule has 8 heteroatoms. The van der Waals surface area contributed by atoms with E-state index in [1.165, 1.54) is 0 Å². The molecule has 1 aliphatic rings. The molecular formula is C24H26Cl2N2O4. The molecule has 0 spiro atoms. The maximum absolute atomic E-state index is 13.0. The summed E-state index contributed by atoms with van der Waals surface area (Å²) < 4.78 is 11.3. The molecule has 0 bridgehead atoms. The van der Waals surface area contributed by atoms with E-state index in [4.69, 9.17) is 37.8 Å². The summed E-state index contributed by atoms with van der Waals surface area (Å²) in [5.41, 5.74) is 0.602. The van der Waals surface area contributed by atoms with E-state index >= 15 is 0 Å². The van der Waals surface area contributed by atoms with Gasteiger partial charge in [0.2, 0.25) is 5.90 Å². The third-order valence-electron chi connectivity index (χ3n) is 5.04. The van der Waals surface area contributed by atoms with Crippen molar-refractivity contribution < 1.29 is 19.4 Å². The van der Waals surface area contributed by atoms with Gasteiger partial charge in [-0.25, -0.2) is 4.99 Å². The van der Waals surface area contributed by atoms with Crippen LogP contribution in [0.1, 0.15) is 24.0 Å². The zero-order valence-corrected chi connectivity index (χ0v) is 19.2. The molecule has 0 aliphatic carbocycles. The van der Waals surface area contributed by atoms with E-state index in [9.17, 15) is 4.79 Å². The van der Waals surface area contributed by atoms with E-state index in [2.05, 4.69) is 16.9 Å². The minimum atomic E-state index is -1.06. The van der Waals surface area contributed by atoms with Gasteiger partial charge in [0.05, 0.1) is 6.61 Å². The number of carbonyl (C=O) groups is 1. The summed E-state index contributed by atoms with van der Waals surface area (Å²) in [7, 11) is 0. The van der Waals surface area contributed by atoms with Gasteiger partial charge in [0.1, 0.15) is 12.4 Å². The maximum Gasteiger partial charge on any atom is 0.251 e. The Bertz CT molecular complexity index is 978. The first-order valence-electron chi connectivity index (χ1n) is 10.4. The van der Waals surface area contributed by atoms with E-state index in [0.717, 1.165) is 11.1 Å². The lowest BCUT2D eigenvalue weighted by Gasteiger charge is -2.21. The highest BCUT2D eigenvalue weighted by atomic mass is 35.5. The predicted molar refractivity (Wildman–Crippen MR) is 127 cm³/mol. The van der Waals surface area contributed by atoms with Gasteiger partial charge in [-0.3, -0.25) is 4.79 Å². The summed E-state index contributed by atoms with van der Waals surface area (Å²) in [5.74, 6) is 0.878. The van der Waals surface area contributed by atoms with Gasteiger partial charge in [0, 0.05) is 41.6 Å². The molecule has 0 fully saturated rings. The van der Waals surface area contributed by atoms with Crippen LogP contribution in [0.3, 0.4) is 0 Å². The van der Waals surface area contributed by atoms with Crippen LogP contribution in [-0.2, 0) is 16.0 Å². The Morgan fingerprint density at radius 3 is 2.75 bits per heavy atom. The van der Waals surface area contributed by atoms with Crippen LogP contribution < -0.4 is 10.1 Å². The number of nitrogens with zero attached hydrogens (tertiary/aromatic N) is 1. The number of aliphatic hydroxyl groups is 1. The number of aliphatic imine (C=N–C) groups is 1. The van der Waals surface area contributed by atoms with Crippen LogP contribution in [0.5, 0.6) is 5.75 Å². The van der Waals surface area contributed by atoms with Crippen LogP contribution in [0, 0.1) is 0 Å². The van der Waals surface area contributed by atoms with Crippen LogP contribution in [0.2, 0.25) is 10.0 Å². The first kappa shape index (κ1) is 24.1. The molecule has 0 unspecified atom stereocenters. The molecule has 0 saturated heterocycles. The van der Waals surface area contributed by atoms with Gasteiger partial charge in [-0.05, 0) is 48.4 Å². The number of halogens is 2. The highest BCUT2D eigenvalue weighted by Gasteiger charge is 2.43. The van der Waals surface area contributed by atoms with Crippen molar-refractivity contribution in [3.8, 4) is 5.75 Å². The highest BCUT2D eigenvalue weighted by Crippen LogP contribution is 2.27. The van der Waals surface area contributed by atoms with Crippen molar-refractivity contribution in [2.45, 2.75) is 24.8 Å². The third kappa shape index (κ3) is 6.03. The largest absolute Gasteiger partial charge is 0.494 e. The molecule has 1 amide bonds. The van der Waals surface area contributed by atoms with Gasteiger partial charge in [-0.1, -0.05) is 35.3 Å². The number of rotatable bonds is 11. The molecule has 3 rings (SSSR count). The van der Waals surface area contributed by atoms with E-state index in [1.807, 2.05) is 30.3 Å². The molecule has 2 N–H and O–H groups in total. The van der Waals surface area contributed by atoms with Crippen molar-refractivity contribution in [3.05, 3.63) is 76.3 Å². The second kappa shape index (κ2) is 11.4. The Balaban J connectivity index is 1.65. The summed E-state index contributed by atoms with van der Waals surface area (Å²) in [6.07, 6.45) is 3.16. The number of ether oxygens (including phenoxy) is 2. The molecule has 32 heavy (non-hydrogen) atoms. The molecular weight excluding hydrogens is 451 g/mol. The van der Waals surface area contributed by atoms with Crippen LogP contribution in [0.15, 0.2) is 60.1 Å². The fourth-order valence-corrected chi connectivity index (χ4v) is 3.80. The second-order valence-electron chi connectivity index (χ2n) is 7.42. The number of benzene rings is 2. The number of hydrogen-bond donors (Lipinski definition) is 2. The Morgan fingerprint density at radius 1 is 1.28 bits per heavy atom. The van der Waals surface area contributed by atoms with Gasteiger partial charge in [-0.15, -0.1) is 6.58 Å². The van der Waals surface area contributed by atoms with E-state index in [0.29, 0.717) is 54.1 Å². The van der Waals surface area contributed by atoms with Crippen molar-refractivity contribution in [2.75, 3.05) is 26.4 Å². The van der Waals surface area contributed by atoms with Gasteiger partial charge >= 0.3 is 0 Å². The van der Waals surface area contributed by atoms with Crippen LogP contribution in [0.25, 0.3) is 0 Å². The average Bonchev–Trinajstić information content (AvgIpc) is 3.21. The van der Waals surface area contributed by atoms with Crippen molar-refractivity contribution in [2.24, 2.45) is 4.99 Å². The van der Waals surface area contributed by atoms with E-state index in [-0.39, 0.29) is 19.1 Å². The molecule has 1 aliphatic heterocycles. The highest BCUT2D eigenvalue weighted by molar-refractivity contribution is 6.35. The fourth-order valence-electron chi connectivity index (χ4n) is 3.29. The molecule has 2 aromatic carbocycles. The Kier molecular flexibility index (Phi) is 8.56. The summed E-state index contributed by atoms with van der Waals surface area (Å²) in [6, 6.07) is 12.6. The zero-order chi connectivity index (χ0) is 23.0. The van der Waals surface area contributed by atoms with Crippen LogP contribution >= 0.6 is 23.2 Å². The number of amides is 1. The van der Waals surface area contributed by atoms with Gasteiger partial charge in [0.25, 0.3) is 5.91 Å². The van der Waals surface area contributed by atoms with Crippen molar-refractivity contribution >= 4 is 35.0 Å². The lowest BCUT2D eigenvalue weighted by molar-refractivity contribution is -0.126. The smallest absolute Gasteiger partial charge is 0.251 e. The van der Waals surface area contributed by atoms with Crippen molar-refractivity contribution in [3.63, 3.8) is 0 Å². The summed E-state index contributed by atoms with van der Waals surface area (Å²) >= 11 is 12.1. The minimum Gasteiger partial charge on any atom is -0.494 e.